The quantitative estimate of drug-likeness (QED) is 0.735. The Balaban J connectivity index is 2.51. The van der Waals surface area contributed by atoms with Crippen LogP contribution in [0.4, 0.5) is 0 Å². The third-order valence-electron chi connectivity index (χ3n) is 2.96. The summed E-state index contributed by atoms with van der Waals surface area (Å²) >= 11 is 0. The van der Waals surface area contributed by atoms with E-state index in [1.807, 2.05) is 0 Å². The Morgan fingerprint density at radius 1 is 1.21 bits per heavy atom. The van der Waals surface area contributed by atoms with Crippen LogP contribution in [0.5, 0.6) is 5.75 Å². The molecule has 0 aliphatic rings. The Bertz CT molecular complexity index is 401. The molecule has 1 aromatic rings. The molecular formula is C16H24O3. The van der Waals surface area contributed by atoms with Crippen LogP contribution in [-0.2, 0) is 4.74 Å². The number of carbonyl (C=O) groups is 1. The predicted molar refractivity (Wildman–Crippen MR) is 76.8 cm³/mol. The highest BCUT2D eigenvalue weighted by Crippen LogP contribution is 2.19. The Labute approximate surface area is 115 Å². The molecule has 3 nitrogen and oxygen atoms in total. The minimum Gasteiger partial charge on any atom is -0.497 e. The normalized spacial score (nSPS) is 13.1. The second kappa shape index (κ2) is 6.71. The van der Waals surface area contributed by atoms with Crippen molar-refractivity contribution in [2.75, 3.05) is 13.7 Å². The van der Waals surface area contributed by atoms with Gasteiger partial charge >= 0.3 is 0 Å². The molecule has 106 valence electrons. The number of rotatable bonds is 6. The van der Waals surface area contributed by atoms with Crippen molar-refractivity contribution in [1.82, 2.24) is 0 Å². The Kier molecular flexibility index (Phi) is 5.55. The first-order chi connectivity index (χ1) is 8.83. The fourth-order valence-electron chi connectivity index (χ4n) is 1.61. The van der Waals surface area contributed by atoms with Crippen LogP contribution in [0.3, 0.4) is 0 Å². The van der Waals surface area contributed by atoms with Gasteiger partial charge in [-0.1, -0.05) is 20.8 Å². The molecule has 0 N–H and O–H groups in total. The van der Waals surface area contributed by atoms with Crippen molar-refractivity contribution in [1.29, 1.82) is 0 Å². The highest BCUT2D eigenvalue weighted by Gasteiger charge is 2.17. The maximum atomic E-state index is 12.1. The SMILES string of the molecule is COc1ccc(C(=O)C(C)OCCC(C)(C)C)cc1. The topological polar surface area (TPSA) is 35.5 Å². The molecule has 0 aromatic heterocycles. The van der Waals surface area contributed by atoms with Crippen molar-refractivity contribution >= 4 is 5.78 Å². The molecule has 1 rings (SSSR count). The summed E-state index contributed by atoms with van der Waals surface area (Å²) in [5, 5.41) is 0. The zero-order valence-electron chi connectivity index (χ0n) is 12.5. The first-order valence-corrected chi connectivity index (χ1v) is 6.63. The second-order valence-electron chi connectivity index (χ2n) is 5.92. The summed E-state index contributed by atoms with van der Waals surface area (Å²) in [5.41, 5.74) is 0.882. The highest BCUT2D eigenvalue weighted by atomic mass is 16.5. The lowest BCUT2D eigenvalue weighted by Gasteiger charge is -2.19. The summed E-state index contributed by atoms with van der Waals surface area (Å²) in [6, 6.07) is 7.11. The molecular weight excluding hydrogens is 240 g/mol. The van der Waals surface area contributed by atoms with Gasteiger partial charge in [0.05, 0.1) is 7.11 Å². The van der Waals surface area contributed by atoms with Gasteiger partial charge < -0.3 is 9.47 Å². The number of carbonyl (C=O) groups excluding carboxylic acids is 1. The van der Waals surface area contributed by atoms with E-state index in [-0.39, 0.29) is 11.2 Å². The largest absolute Gasteiger partial charge is 0.497 e. The van der Waals surface area contributed by atoms with Crippen molar-refractivity contribution in [3.05, 3.63) is 29.8 Å². The Hall–Kier alpha value is -1.35. The average Bonchev–Trinajstić information content (AvgIpc) is 2.36. The van der Waals surface area contributed by atoms with Crippen LogP contribution in [0.2, 0.25) is 0 Å². The van der Waals surface area contributed by atoms with Gasteiger partial charge in [0.15, 0.2) is 5.78 Å². The number of hydrogen-bond acceptors (Lipinski definition) is 3. The fraction of sp³-hybridized carbons (Fsp3) is 0.562. The second-order valence-corrected chi connectivity index (χ2v) is 5.92. The van der Waals surface area contributed by atoms with Gasteiger partial charge in [-0.3, -0.25) is 4.79 Å². The molecule has 0 spiro atoms. The maximum Gasteiger partial charge on any atom is 0.191 e. The monoisotopic (exact) mass is 264 g/mol. The summed E-state index contributed by atoms with van der Waals surface area (Å²) in [5.74, 6) is 0.759. The molecule has 1 unspecified atom stereocenters. The summed E-state index contributed by atoms with van der Waals surface area (Å²) in [7, 11) is 1.61. The van der Waals surface area contributed by atoms with Crippen molar-refractivity contribution < 1.29 is 14.3 Å². The molecule has 3 heteroatoms. The number of Topliss-reactive ketones (excluding diaryl/α,β-unsaturated/α-hetero) is 1. The third kappa shape index (κ3) is 5.43. The lowest BCUT2D eigenvalue weighted by Crippen LogP contribution is -2.23. The maximum absolute atomic E-state index is 12.1. The molecule has 1 aromatic carbocycles. The zero-order chi connectivity index (χ0) is 14.5. The summed E-state index contributed by atoms with van der Waals surface area (Å²) < 4.78 is 10.7. The zero-order valence-corrected chi connectivity index (χ0v) is 12.5. The van der Waals surface area contributed by atoms with Gasteiger partial charge in [0.1, 0.15) is 11.9 Å². The predicted octanol–water partition coefficient (Wildman–Crippen LogP) is 3.72. The molecule has 0 bridgehead atoms. The van der Waals surface area contributed by atoms with E-state index in [0.29, 0.717) is 12.2 Å². The smallest absolute Gasteiger partial charge is 0.191 e. The van der Waals surface area contributed by atoms with E-state index in [0.717, 1.165) is 12.2 Å². The van der Waals surface area contributed by atoms with Crippen LogP contribution >= 0.6 is 0 Å². The number of hydrogen-bond donors (Lipinski definition) is 0. The molecule has 1 atom stereocenters. The van der Waals surface area contributed by atoms with Gasteiger partial charge in [-0.15, -0.1) is 0 Å². The average molecular weight is 264 g/mol. The van der Waals surface area contributed by atoms with E-state index in [4.69, 9.17) is 9.47 Å². The highest BCUT2D eigenvalue weighted by molar-refractivity contribution is 5.99. The van der Waals surface area contributed by atoms with E-state index < -0.39 is 6.10 Å². The molecule has 19 heavy (non-hydrogen) atoms. The number of ketones is 1. The first-order valence-electron chi connectivity index (χ1n) is 6.63. The molecule has 0 saturated heterocycles. The van der Waals surface area contributed by atoms with E-state index in [1.54, 1.807) is 38.3 Å². The third-order valence-corrected chi connectivity index (χ3v) is 2.96. The van der Waals surface area contributed by atoms with Crippen LogP contribution in [-0.4, -0.2) is 25.6 Å². The molecule has 0 heterocycles. The lowest BCUT2D eigenvalue weighted by molar-refractivity contribution is 0.0394. The van der Waals surface area contributed by atoms with E-state index in [9.17, 15) is 4.79 Å². The number of methoxy groups -OCH3 is 1. The van der Waals surface area contributed by atoms with Crippen LogP contribution in [0.25, 0.3) is 0 Å². The van der Waals surface area contributed by atoms with Gasteiger partial charge in [0.25, 0.3) is 0 Å². The molecule has 0 amide bonds. The molecule has 0 aliphatic carbocycles. The van der Waals surface area contributed by atoms with E-state index in [1.165, 1.54) is 0 Å². The van der Waals surface area contributed by atoms with Gasteiger partial charge in [-0.05, 0) is 43.0 Å². The van der Waals surface area contributed by atoms with Crippen molar-refractivity contribution in [2.45, 2.75) is 40.2 Å². The summed E-state index contributed by atoms with van der Waals surface area (Å²) in [4.78, 5) is 12.1. The van der Waals surface area contributed by atoms with Gasteiger partial charge in [-0.2, -0.15) is 0 Å². The van der Waals surface area contributed by atoms with Crippen molar-refractivity contribution in [3.63, 3.8) is 0 Å². The van der Waals surface area contributed by atoms with Crippen LogP contribution in [0, 0.1) is 5.41 Å². The summed E-state index contributed by atoms with van der Waals surface area (Å²) in [6.45, 7) is 8.88. The Morgan fingerprint density at radius 3 is 2.26 bits per heavy atom. The lowest BCUT2D eigenvalue weighted by atomic mass is 9.93. The minimum absolute atomic E-state index is 0.0107. The summed E-state index contributed by atoms with van der Waals surface area (Å²) in [6.07, 6.45) is 0.531. The van der Waals surface area contributed by atoms with Crippen molar-refractivity contribution in [3.8, 4) is 5.75 Å². The molecule has 0 fully saturated rings. The van der Waals surface area contributed by atoms with Crippen LogP contribution in [0.15, 0.2) is 24.3 Å². The van der Waals surface area contributed by atoms with Gasteiger partial charge in [0, 0.05) is 12.2 Å². The number of ether oxygens (including phenoxy) is 2. The minimum atomic E-state index is -0.407. The molecule has 0 aliphatic heterocycles. The molecule has 0 saturated carbocycles. The van der Waals surface area contributed by atoms with Crippen LogP contribution in [0.1, 0.15) is 44.5 Å². The molecule has 0 radical (unpaired) electrons. The van der Waals surface area contributed by atoms with Gasteiger partial charge in [0.2, 0.25) is 0 Å². The Morgan fingerprint density at radius 2 is 1.79 bits per heavy atom. The fourth-order valence-corrected chi connectivity index (χ4v) is 1.61. The van der Waals surface area contributed by atoms with E-state index >= 15 is 0 Å². The van der Waals surface area contributed by atoms with Crippen molar-refractivity contribution in [2.24, 2.45) is 5.41 Å². The number of benzene rings is 1. The van der Waals surface area contributed by atoms with E-state index in [2.05, 4.69) is 20.8 Å². The first kappa shape index (κ1) is 15.7. The standard InChI is InChI=1S/C16H24O3/c1-12(19-11-10-16(2,3)4)15(17)13-6-8-14(18-5)9-7-13/h6-9,12H,10-11H2,1-5H3. The van der Waals surface area contributed by atoms with Crippen LogP contribution < -0.4 is 4.74 Å². The van der Waals surface area contributed by atoms with Gasteiger partial charge in [-0.25, -0.2) is 0 Å².